The van der Waals surface area contributed by atoms with Crippen molar-refractivity contribution in [3.63, 3.8) is 0 Å². The summed E-state index contributed by atoms with van der Waals surface area (Å²) in [6.07, 6.45) is 2.95. The van der Waals surface area contributed by atoms with E-state index in [1.807, 2.05) is 0 Å². The summed E-state index contributed by atoms with van der Waals surface area (Å²) in [6, 6.07) is 10.5. The lowest BCUT2D eigenvalue weighted by atomic mass is 10.2. The number of hydrogen-bond donors (Lipinski definition) is 1. The topological polar surface area (TPSA) is 95.6 Å². The summed E-state index contributed by atoms with van der Waals surface area (Å²) in [5.74, 6) is 6.57. The Balaban J connectivity index is 1.81. The Morgan fingerprint density at radius 1 is 1.33 bits per heavy atom. The molecule has 7 nitrogen and oxygen atoms in total. The van der Waals surface area contributed by atoms with Gasteiger partial charge in [0.1, 0.15) is 12.0 Å². The van der Waals surface area contributed by atoms with E-state index in [-0.39, 0.29) is 18.0 Å². The fourth-order valence-corrected chi connectivity index (χ4v) is 1.84. The lowest BCUT2D eigenvalue weighted by Crippen LogP contribution is -2.31. The summed E-state index contributed by atoms with van der Waals surface area (Å²) in [4.78, 5) is 21.4. The molecule has 0 amide bonds. The molecule has 0 saturated heterocycles. The van der Waals surface area contributed by atoms with Crippen LogP contribution in [0, 0.1) is 0 Å². The van der Waals surface area contributed by atoms with Gasteiger partial charge < -0.3 is 15.1 Å². The van der Waals surface area contributed by atoms with Gasteiger partial charge in [0.2, 0.25) is 0 Å². The second-order valence-corrected chi connectivity index (χ2v) is 4.24. The SMILES string of the molecule is Nn1c(CO/N=C/c2ccco2)nc2ccccc2c1=O. The lowest BCUT2D eigenvalue weighted by molar-refractivity contribution is 0.124. The predicted molar refractivity (Wildman–Crippen MR) is 77.2 cm³/mol. The Morgan fingerprint density at radius 2 is 2.19 bits per heavy atom. The van der Waals surface area contributed by atoms with Crippen LogP contribution in [0.15, 0.2) is 57.0 Å². The molecule has 2 aromatic heterocycles. The van der Waals surface area contributed by atoms with E-state index in [9.17, 15) is 4.79 Å². The Labute approximate surface area is 119 Å². The second-order valence-electron chi connectivity index (χ2n) is 4.24. The summed E-state index contributed by atoms with van der Waals surface area (Å²) in [7, 11) is 0. The zero-order valence-electron chi connectivity index (χ0n) is 11.0. The monoisotopic (exact) mass is 284 g/mol. The van der Waals surface area contributed by atoms with Crippen molar-refractivity contribution in [1.82, 2.24) is 9.66 Å². The summed E-state index contributed by atoms with van der Waals surface area (Å²) >= 11 is 0. The molecule has 3 rings (SSSR count). The maximum Gasteiger partial charge on any atom is 0.279 e. The molecular formula is C14H12N4O3. The number of nitrogen functional groups attached to an aromatic ring is 1. The van der Waals surface area contributed by atoms with Gasteiger partial charge in [-0.3, -0.25) is 4.79 Å². The van der Waals surface area contributed by atoms with Gasteiger partial charge in [-0.05, 0) is 24.3 Å². The van der Waals surface area contributed by atoms with Gasteiger partial charge in [-0.2, -0.15) is 0 Å². The quantitative estimate of drug-likeness (QED) is 0.442. The average Bonchev–Trinajstić information content (AvgIpc) is 3.02. The molecule has 0 aliphatic carbocycles. The zero-order valence-corrected chi connectivity index (χ0v) is 11.0. The van der Waals surface area contributed by atoms with Crippen LogP contribution in [-0.4, -0.2) is 15.9 Å². The molecule has 0 spiro atoms. The highest BCUT2D eigenvalue weighted by atomic mass is 16.6. The van der Waals surface area contributed by atoms with Gasteiger partial charge >= 0.3 is 0 Å². The van der Waals surface area contributed by atoms with Crippen LogP contribution in [0.4, 0.5) is 0 Å². The number of hydrogen-bond acceptors (Lipinski definition) is 6. The number of furan rings is 1. The number of fused-ring (bicyclic) bond motifs is 1. The summed E-state index contributed by atoms with van der Waals surface area (Å²) in [5, 5.41) is 4.19. The molecule has 0 aliphatic heterocycles. The van der Waals surface area contributed by atoms with Crippen molar-refractivity contribution < 1.29 is 9.25 Å². The third-order valence-corrected chi connectivity index (χ3v) is 2.87. The Bertz CT molecular complexity index is 837. The van der Waals surface area contributed by atoms with E-state index in [0.717, 1.165) is 4.68 Å². The van der Waals surface area contributed by atoms with Crippen molar-refractivity contribution in [3.8, 4) is 0 Å². The number of aromatic nitrogens is 2. The number of rotatable bonds is 4. The lowest BCUT2D eigenvalue weighted by Gasteiger charge is -2.07. The first-order valence-corrected chi connectivity index (χ1v) is 6.20. The minimum atomic E-state index is -0.325. The fourth-order valence-electron chi connectivity index (χ4n) is 1.84. The first-order chi connectivity index (χ1) is 10.3. The molecular weight excluding hydrogens is 272 g/mol. The highest BCUT2D eigenvalue weighted by Crippen LogP contribution is 2.07. The van der Waals surface area contributed by atoms with E-state index in [1.165, 1.54) is 12.5 Å². The van der Waals surface area contributed by atoms with Crippen molar-refractivity contribution in [2.24, 2.45) is 5.16 Å². The zero-order chi connectivity index (χ0) is 14.7. The molecule has 0 fully saturated rings. The Morgan fingerprint density at radius 3 is 3.00 bits per heavy atom. The van der Waals surface area contributed by atoms with Crippen LogP contribution in [-0.2, 0) is 11.4 Å². The maximum atomic E-state index is 12.1. The number of nitrogens with two attached hydrogens (primary N) is 1. The summed E-state index contributed by atoms with van der Waals surface area (Å²) < 4.78 is 6.02. The van der Waals surface area contributed by atoms with Gasteiger partial charge in [0.25, 0.3) is 5.56 Å². The number of para-hydroxylation sites is 1. The summed E-state index contributed by atoms with van der Waals surface area (Å²) in [5.41, 5.74) is 0.243. The van der Waals surface area contributed by atoms with Crippen LogP contribution in [0.5, 0.6) is 0 Å². The molecule has 3 aromatic rings. The molecule has 2 heterocycles. The smallest absolute Gasteiger partial charge is 0.279 e. The van der Waals surface area contributed by atoms with E-state index < -0.39 is 0 Å². The minimum Gasteiger partial charge on any atom is -0.463 e. The maximum absolute atomic E-state index is 12.1. The van der Waals surface area contributed by atoms with Crippen LogP contribution >= 0.6 is 0 Å². The molecule has 0 saturated carbocycles. The van der Waals surface area contributed by atoms with Crippen LogP contribution in [0.2, 0.25) is 0 Å². The molecule has 106 valence electrons. The summed E-state index contributed by atoms with van der Waals surface area (Å²) in [6.45, 7) is -0.0201. The second kappa shape index (κ2) is 5.49. The van der Waals surface area contributed by atoms with Gasteiger partial charge in [0, 0.05) is 0 Å². The molecule has 0 aliphatic rings. The Hall–Kier alpha value is -3.09. The molecule has 21 heavy (non-hydrogen) atoms. The normalized spacial score (nSPS) is 11.2. The minimum absolute atomic E-state index is 0.0201. The standard InChI is InChI=1S/C14H12N4O3/c15-18-13(9-21-16-8-10-4-3-7-20-10)17-12-6-2-1-5-11(12)14(18)19/h1-8H,9,15H2/b16-8+. The number of nitrogens with zero attached hydrogens (tertiary/aromatic N) is 3. The number of benzene rings is 1. The molecule has 2 N–H and O–H groups in total. The third-order valence-electron chi connectivity index (χ3n) is 2.87. The van der Waals surface area contributed by atoms with E-state index in [0.29, 0.717) is 16.7 Å². The van der Waals surface area contributed by atoms with E-state index in [2.05, 4.69) is 10.1 Å². The van der Waals surface area contributed by atoms with Gasteiger partial charge in [-0.1, -0.05) is 17.3 Å². The highest BCUT2D eigenvalue weighted by molar-refractivity contribution is 5.77. The average molecular weight is 284 g/mol. The molecule has 0 radical (unpaired) electrons. The van der Waals surface area contributed by atoms with E-state index >= 15 is 0 Å². The van der Waals surface area contributed by atoms with E-state index in [4.69, 9.17) is 15.1 Å². The fraction of sp³-hybridized carbons (Fsp3) is 0.0714. The van der Waals surface area contributed by atoms with Crippen molar-refractivity contribution in [3.05, 3.63) is 64.6 Å². The third kappa shape index (κ3) is 2.62. The van der Waals surface area contributed by atoms with Gasteiger partial charge in [-0.15, -0.1) is 0 Å². The van der Waals surface area contributed by atoms with E-state index in [1.54, 1.807) is 36.4 Å². The van der Waals surface area contributed by atoms with Crippen molar-refractivity contribution in [1.29, 1.82) is 0 Å². The van der Waals surface area contributed by atoms with Crippen LogP contribution in [0.3, 0.4) is 0 Å². The molecule has 1 aromatic carbocycles. The number of oxime groups is 1. The first-order valence-electron chi connectivity index (χ1n) is 6.20. The molecule has 7 heteroatoms. The molecule has 0 atom stereocenters. The van der Waals surface area contributed by atoms with Crippen molar-refractivity contribution in [2.45, 2.75) is 6.61 Å². The largest absolute Gasteiger partial charge is 0.463 e. The predicted octanol–water partition coefficient (Wildman–Crippen LogP) is 1.25. The van der Waals surface area contributed by atoms with Gasteiger partial charge in [-0.25, -0.2) is 9.66 Å². The van der Waals surface area contributed by atoms with Crippen LogP contribution < -0.4 is 11.4 Å². The first kappa shape index (κ1) is 12.9. The molecule has 0 unspecified atom stereocenters. The van der Waals surface area contributed by atoms with Crippen LogP contribution in [0.25, 0.3) is 10.9 Å². The Kier molecular flexibility index (Phi) is 3.38. The van der Waals surface area contributed by atoms with Crippen molar-refractivity contribution in [2.75, 3.05) is 5.84 Å². The van der Waals surface area contributed by atoms with Gasteiger partial charge in [0.15, 0.2) is 12.4 Å². The molecule has 0 bridgehead atoms. The van der Waals surface area contributed by atoms with Crippen molar-refractivity contribution >= 4 is 17.1 Å². The highest BCUT2D eigenvalue weighted by Gasteiger charge is 2.08. The van der Waals surface area contributed by atoms with Crippen LogP contribution in [0.1, 0.15) is 11.6 Å². The van der Waals surface area contributed by atoms with Gasteiger partial charge in [0.05, 0.1) is 17.2 Å².